The first-order valence-corrected chi connectivity index (χ1v) is 7.40. The van der Waals surface area contributed by atoms with Crippen molar-refractivity contribution in [3.8, 4) is 5.75 Å². The molecule has 1 aromatic heterocycles. The van der Waals surface area contributed by atoms with Crippen LogP contribution in [0.3, 0.4) is 0 Å². The average molecular weight is 330 g/mol. The van der Waals surface area contributed by atoms with Crippen molar-refractivity contribution in [2.45, 2.75) is 39.3 Å². The van der Waals surface area contributed by atoms with Crippen LogP contribution in [0.1, 0.15) is 30.6 Å². The fourth-order valence-corrected chi connectivity index (χ4v) is 2.48. The molecule has 0 amide bonds. The molecule has 0 aliphatic rings. The van der Waals surface area contributed by atoms with Crippen LogP contribution in [0.4, 0.5) is 0 Å². The summed E-state index contributed by atoms with van der Waals surface area (Å²) >= 11 is 12.3. The van der Waals surface area contributed by atoms with Crippen molar-refractivity contribution in [3.05, 3.63) is 39.5 Å². The van der Waals surface area contributed by atoms with Crippen LogP contribution in [0.15, 0.2) is 16.7 Å². The first kappa shape index (κ1) is 16.1. The minimum absolute atomic E-state index is 0.0209. The molecule has 0 spiro atoms. The maximum Gasteiger partial charge on any atom is 0.264 e. The van der Waals surface area contributed by atoms with Crippen molar-refractivity contribution < 1.29 is 9.26 Å². The maximum absolute atomic E-state index is 6.22. The third kappa shape index (κ3) is 4.33. The molecule has 1 heterocycles. The standard InChI is InChI=1S/C14H17Cl2N3O2/c1-3-11(17)5-9-4-10(15)6-12(16)14(9)20-7-13-18-8(2)19-21-13/h4,6,11H,3,5,7,17H2,1-2H3. The number of halogens is 2. The van der Waals surface area contributed by atoms with Crippen LogP contribution in [0, 0.1) is 6.92 Å². The van der Waals surface area contributed by atoms with E-state index >= 15 is 0 Å². The Morgan fingerprint density at radius 3 is 2.76 bits per heavy atom. The Morgan fingerprint density at radius 1 is 1.38 bits per heavy atom. The molecule has 0 fully saturated rings. The highest BCUT2D eigenvalue weighted by Gasteiger charge is 2.15. The zero-order valence-corrected chi connectivity index (χ0v) is 13.4. The van der Waals surface area contributed by atoms with Gasteiger partial charge < -0.3 is 15.0 Å². The highest BCUT2D eigenvalue weighted by Crippen LogP contribution is 2.33. The number of aryl methyl sites for hydroxylation is 1. The zero-order valence-electron chi connectivity index (χ0n) is 11.9. The lowest BCUT2D eigenvalue weighted by Gasteiger charge is -2.15. The van der Waals surface area contributed by atoms with Gasteiger partial charge in [0.05, 0.1) is 5.02 Å². The van der Waals surface area contributed by atoms with Crippen LogP contribution < -0.4 is 10.5 Å². The Balaban J connectivity index is 2.19. The predicted molar refractivity (Wildman–Crippen MR) is 81.8 cm³/mol. The van der Waals surface area contributed by atoms with Crippen LogP contribution >= 0.6 is 23.2 Å². The molecule has 2 N–H and O–H groups in total. The first-order valence-electron chi connectivity index (χ1n) is 6.65. The number of hydrogen-bond donors (Lipinski definition) is 1. The molecule has 5 nitrogen and oxygen atoms in total. The summed E-state index contributed by atoms with van der Waals surface area (Å²) in [5.41, 5.74) is 6.88. The summed E-state index contributed by atoms with van der Waals surface area (Å²) in [6.07, 6.45) is 1.49. The van der Waals surface area contributed by atoms with Gasteiger partial charge in [0.1, 0.15) is 5.75 Å². The van der Waals surface area contributed by atoms with Crippen molar-refractivity contribution in [1.29, 1.82) is 0 Å². The Hall–Kier alpha value is -1.30. The second-order valence-corrected chi connectivity index (χ2v) is 5.62. The second-order valence-electron chi connectivity index (χ2n) is 4.77. The van der Waals surface area contributed by atoms with Crippen LogP contribution in [-0.4, -0.2) is 16.2 Å². The molecule has 1 aromatic carbocycles. The molecular weight excluding hydrogens is 313 g/mol. The molecular formula is C14H17Cl2N3O2. The summed E-state index contributed by atoms with van der Waals surface area (Å²) in [7, 11) is 0. The molecule has 2 rings (SSSR count). The third-order valence-electron chi connectivity index (χ3n) is 3.00. The van der Waals surface area contributed by atoms with Gasteiger partial charge in [0, 0.05) is 11.1 Å². The number of ether oxygens (including phenoxy) is 1. The zero-order chi connectivity index (χ0) is 15.4. The Kier molecular flexibility index (Phi) is 5.45. The van der Waals surface area contributed by atoms with Crippen molar-refractivity contribution in [1.82, 2.24) is 10.1 Å². The number of nitrogens with zero attached hydrogens (tertiary/aromatic N) is 2. The quantitative estimate of drug-likeness (QED) is 0.877. The molecule has 7 heteroatoms. The monoisotopic (exact) mass is 329 g/mol. The van der Waals surface area contributed by atoms with E-state index in [1.807, 2.05) is 13.0 Å². The molecule has 2 aromatic rings. The molecule has 1 unspecified atom stereocenters. The van der Waals surface area contributed by atoms with Gasteiger partial charge in [-0.05, 0) is 37.5 Å². The Labute approximate surface area is 133 Å². The van der Waals surface area contributed by atoms with E-state index in [9.17, 15) is 0 Å². The van der Waals surface area contributed by atoms with Gasteiger partial charge in [-0.2, -0.15) is 4.98 Å². The number of aromatic nitrogens is 2. The smallest absolute Gasteiger partial charge is 0.264 e. The van der Waals surface area contributed by atoms with Crippen molar-refractivity contribution in [3.63, 3.8) is 0 Å². The highest BCUT2D eigenvalue weighted by molar-refractivity contribution is 6.35. The lowest BCUT2D eigenvalue weighted by atomic mass is 10.0. The van der Waals surface area contributed by atoms with Gasteiger partial charge in [0.15, 0.2) is 12.4 Å². The summed E-state index contributed by atoms with van der Waals surface area (Å²) in [4.78, 5) is 4.08. The van der Waals surface area contributed by atoms with E-state index in [1.165, 1.54) is 0 Å². The minimum Gasteiger partial charge on any atom is -0.482 e. The van der Waals surface area contributed by atoms with Crippen molar-refractivity contribution in [2.24, 2.45) is 5.73 Å². The topological polar surface area (TPSA) is 74.2 Å². The van der Waals surface area contributed by atoms with E-state index in [-0.39, 0.29) is 12.6 Å². The van der Waals surface area contributed by atoms with E-state index in [0.717, 1.165) is 12.0 Å². The first-order chi connectivity index (χ1) is 9.99. The number of hydrogen-bond acceptors (Lipinski definition) is 5. The van der Waals surface area contributed by atoms with E-state index in [1.54, 1.807) is 13.0 Å². The maximum atomic E-state index is 6.22. The Bertz CT molecular complexity index is 616. The van der Waals surface area contributed by atoms with Crippen LogP contribution in [0.2, 0.25) is 10.0 Å². The SMILES string of the molecule is CCC(N)Cc1cc(Cl)cc(Cl)c1OCc1nc(C)no1. The summed E-state index contributed by atoms with van der Waals surface area (Å²) < 4.78 is 10.7. The van der Waals surface area contributed by atoms with E-state index in [4.69, 9.17) is 38.2 Å². The highest BCUT2D eigenvalue weighted by atomic mass is 35.5. The van der Waals surface area contributed by atoms with E-state index < -0.39 is 0 Å². The van der Waals surface area contributed by atoms with Gasteiger partial charge in [-0.25, -0.2) is 0 Å². The molecule has 114 valence electrons. The summed E-state index contributed by atoms with van der Waals surface area (Å²) in [5.74, 6) is 1.51. The number of benzene rings is 1. The van der Waals surface area contributed by atoms with E-state index in [2.05, 4.69) is 10.1 Å². The van der Waals surface area contributed by atoms with Crippen LogP contribution in [0.25, 0.3) is 0 Å². The third-order valence-corrected chi connectivity index (χ3v) is 3.50. The summed E-state index contributed by atoms with van der Waals surface area (Å²) in [6, 6.07) is 3.48. The fourth-order valence-electron chi connectivity index (χ4n) is 1.89. The molecule has 0 aliphatic carbocycles. The van der Waals surface area contributed by atoms with Crippen molar-refractivity contribution in [2.75, 3.05) is 0 Å². The van der Waals surface area contributed by atoms with Crippen LogP contribution in [-0.2, 0) is 13.0 Å². The van der Waals surface area contributed by atoms with Gasteiger partial charge in [-0.15, -0.1) is 0 Å². The van der Waals surface area contributed by atoms with Crippen LogP contribution in [0.5, 0.6) is 5.75 Å². The Morgan fingerprint density at radius 2 is 2.14 bits per heavy atom. The van der Waals surface area contributed by atoms with Gasteiger partial charge in [-0.3, -0.25) is 0 Å². The molecule has 0 saturated heterocycles. The molecule has 0 aliphatic heterocycles. The second kappa shape index (κ2) is 7.11. The van der Waals surface area contributed by atoms with Crippen molar-refractivity contribution >= 4 is 23.2 Å². The minimum atomic E-state index is 0.0209. The molecule has 21 heavy (non-hydrogen) atoms. The van der Waals surface area contributed by atoms with E-state index in [0.29, 0.717) is 33.9 Å². The van der Waals surface area contributed by atoms with Gasteiger partial charge in [-0.1, -0.05) is 35.3 Å². The lowest BCUT2D eigenvalue weighted by Crippen LogP contribution is -2.21. The van der Waals surface area contributed by atoms with Gasteiger partial charge in [0.25, 0.3) is 5.89 Å². The summed E-state index contributed by atoms with van der Waals surface area (Å²) in [6.45, 7) is 3.92. The molecule has 0 saturated carbocycles. The predicted octanol–water partition coefficient (Wildman–Crippen LogP) is 3.54. The largest absolute Gasteiger partial charge is 0.482 e. The molecule has 1 atom stereocenters. The number of rotatable bonds is 6. The lowest BCUT2D eigenvalue weighted by molar-refractivity contribution is 0.240. The molecule has 0 bridgehead atoms. The molecule has 0 radical (unpaired) electrons. The fraction of sp³-hybridized carbons (Fsp3) is 0.429. The average Bonchev–Trinajstić information content (AvgIpc) is 2.83. The van der Waals surface area contributed by atoms with Gasteiger partial charge in [0.2, 0.25) is 0 Å². The van der Waals surface area contributed by atoms with Gasteiger partial charge >= 0.3 is 0 Å². The normalized spacial score (nSPS) is 12.4. The number of nitrogens with two attached hydrogens (primary N) is 1. The summed E-state index contributed by atoms with van der Waals surface area (Å²) in [5, 5.41) is 4.71.